The van der Waals surface area contributed by atoms with Crippen LogP contribution < -0.4 is 0 Å². The summed E-state index contributed by atoms with van der Waals surface area (Å²) >= 11 is 2.41. The molecule has 2 rings (SSSR count). The number of halogens is 1. The standard InChI is InChI=1S/C23H40IN3O2/c24-23-21-17-13-9-5-6-10-14-18-22(28)29-20-16-12-8-4-2-1-3-7-11-15-19-27(23)26-25-21/h1-20H2. The van der Waals surface area contributed by atoms with Crippen molar-refractivity contribution in [2.75, 3.05) is 6.61 Å². The maximum absolute atomic E-state index is 11.8. The van der Waals surface area contributed by atoms with Gasteiger partial charge in [0.2, 0.25) is 0 Å². The molecule has 2 bridgehead atoms. The van der Waals surface area contributed by atoms with Crippen LogP contribution in [0.2, 0.25) is 0 Å². The minimum Gasteiger partial charge on any atom is -0.466 e. The Labute approximate surface area is 190 Å². The van der Waals surface area contributed by atoms with E-state index in [1.54, 1.807) is 0 Å². The predicted octanol–water partition coefficient (Wildman–Crippen LogP) is 6.61. The number of cyclic esters (lactones) is 1. The van der Waals surface area contributed by atoms with Gasteiger partial charge < -0.3 is 4.74 Å². The van der Waals surface area contributed by atoms with E-state index in [0.717, 1.165) is 32.2 Å². The van der Waals surface area contributed by atoms with Crippen molar-refractivity contribution in [1.82, 2.24) is 15.0 Å². The lowest BCUT2D eigenvalue weighted by molar-refractivity contribution is -0.143. The van der Waals surface area contributed by atoms with Crippen LogP contribution in [0.4, 0.5) is 0 Å². The zero-order chi connectivity index (χ0) is 20.6. The Morgan fingerprint density at radius 2 is 1.21 bits per heavy atom. The van der Waals surface area contributed by atoms with Gasteiger partial charge in [0.05, 0.1) is 12.3 Å². The number of carbonyl (C=O) groups is 1. The summed E-state index contributed by atoms with van der Waals surface area (Å²) in [5.41, 5.74) is 1.17. The van der Waals surface area contributed by atoms with E-state index in [1.807, 2.05) is 0 Å². The Bertz CT molecular complexity index is 562. The fourth-order valence-corrected chi connectivity index (χ4v) is 4.65. The Kier molecular flexibility index (Phi) is 13.6. The van der Waals surface area contributed by atoms with Crippen LogP contribution in [0.1, 0.15) is 115 Å². The molecule has 5 nitrogen and oxygen atoms in total. The van der Waals surface area contributed by atoms with Crippen LogP contribution in [0.5, 0.6) is 0 Å². The largest absolute Gasteiger partial charge is 0.466 e. The molecule has 1 aliphatic heterocycles. The van der Waals surface area contributed by atoms with Crippen molar-refractivity contribution in [2.24, 2.45) is 0 Å². The molecule has 0 N–H and O–H groups in total. The molecule has 1 aromatic rings. The van der Waals surface area contributed by atoms with Crippen LogP contribution in [0.3, 0.4) is 0 Å². The maximum atomic E-state index is 11.8. The molecule has 0 unspecified atom stereocenters. The van der Waals surface area contributed by atoms with E-state index in [2.05, 4.69) is 37.6 Å². The molecule has 0 fully saturated rings. The third kappa shape index (κ3) is 11.3. The van der Waals surface area contributed by atoms with Crippen LogP contribution in [-0.4, -0.2) is 27.6 Å². The lowest BCUT2D eigenvalue weighted by Gasteiger charge is -2.05. The van der Waals surface area contributed by atoms with Gasteiger partial charge in [-0.2, -0.15) is 0 Å². The molecule has 0 saturated heterocycles. The molecule has 0 aliphatic carbocycles. The summed E-state index contributed by atoms with van der Waals surface area (Å²) in [7, 11) is 0. The highest BCUT2D eigenvalue weighted by Gasteiger charge is 2.09. The van der Waals surface area contributed by atoms with Gasteiger partial charge in [0.15, 0.2) is 0 Å². The molecule has 166 valence electrons. The van der Waals surface area contributed by atoms with Crippen LogP contribution >= 0.6 is 22.6 Å². The second kappa shape index (κ2) is 16.1. The summed E-state index contributed by atoms with van der Waals surface area (Å²) in [6.45, 7) is 1.62. The molecule has 6 heteroatoms. The van der Waals surface area contributed by atoms with Gasteiger partial charge in [0.25, 0.3) is 0 Å². The fourth-order valence-electron chi connectivity index (χ4n) is 3.94. The molecule has 29 heavy (non-hydrogen) atoms. The van der Waals surface area contributed by atoms with E-state index in [0.29, 0.717) is 13.0 Å². The van der Waals surface area contributed by atoms with E-state index in [9.17, 15) is 4.79 Å². The Morgan fingerprint density at radius 1 is 0.690 bits per heavy atom. The zero-order valence-corrected chi connectivity index (χ0v) is 20.3. The van der Waals surface area contributed by atoms with Crippen molar-refractivity contribution in [3.05, 3.63) is 9.39 Å². The van der Waals surface area contributed by atoms with Crippen LogP contribution in [-0.2, 0) is 22.5 Å². The van der Waals surface area contributed by atoms with Gasteiger partial charge in [-0.15, -0.1) is 5.10 Å². The molecule has 0 atom stereocenters. The molecular formula is C23H40IN3O2. The van der Waals surface area contributed by atoms with Crippen molar-refractivity contribution < 1.29 is 9.53 Å². The molecule has 0 saturated carbocycles. The van der Waals surface area contributed by atoms with Crippen LogP contribution in [0.25, 0.3) is 0 Å². The number of hydrogen-bond donors (Lipinski definition) is 0. The molecule has 0 spiro atoms. The normalized spacial score (nSPS) is 20.9. The summed E-state index contributed by atoms with van der Waals surface area (Å²) in [4.78, 5) is 11.8. The second-order valence-electron chi connectivity index (χ2n) is 8.43. The minimum absolute atomic E-state index is 0.00631. The SMILES string of the molecule is O=C1CCCCCCCCc2nnn(c2I)CCCCCCCCCCCCO1. The monoisotopic (exact) mass is 517 g/mol. The molecule has 0 amide bonds. The number of esters is 1. The number of hydrogen-bond acceptors (Lipinski definition) is 4. The molecule has 1 aliphatic rings. The molecule has 0 aromatic carbocycles. The highest BCUT2D eigenvalue weighted by atomic mass is 127. The second-order valence-corrected chi connectivity index (χ2v) is 9.45. The third-order valence-corrected chi connectivity index (χ3v) is 6.99. The Hall–Kier alpha value is -0.660. The van der Waals surface area contributed by atoms with Gasteiger partial charge in [-0.05, 0) is 54.7 Å². The minimum atomic E-state index is -0.00631. The summed E-state index contributed by atoms with van der Waals surface area (Å²) < 4.78 is 8.68. The number of nitrogens with zero attached hydrogens (tertiary/aromatic N) is 3. The average molecular weight is 517 g/mol. The van der Waals surface area contributed by atoms with Gasteiger partial charge in [-0.25, -0.2) is 4.68 Å². The third-order valence-electron chi connectivity index (χ3n) is 5.81. The molecule has 1 aromatic heterocycles. The molecule has 0 radical (unpaired) electrons. The zero-order valence-electron chi connectivity index (χ0n) is 18.2. The lowest BCUT2D eigenvalue weighted by atomic mass is 10.1. The number of aromatic nitrogens is 3. The predicted molar refractivity (Wildman–Crippen MR) is 126 cm³/mol. The van der Waals surface area contributed by atoms with Gasteiger partial charge in [0.1, 0.15) is 3.70 Å². The van der Waals surface area contributed by atoms with E-state index in [-0.39, 0.29) is 5.97 Å². The van der Waals surface area contributed by atoms with E-state index >= 15 is 0 Å². The number of carbonyl (C=O) groups excluding carboxylic acids is 1. The average Bonchev–Trinajstić information content (AvgIpc) is 3.06. The highest BCUT2D eigenvalue weighted by molar-refractivity contribution is 14.1. The Morgan fingerprint density at radius 3 is 1.86 bits per heavy atom. The van der Waals surface area contributed by atoms with Crippen molar-refractivity contribution >= 4 is 28.6 Å². The van der Waals surface area contributed by atoms with Crippen molar-refractivity contribution in [2.45, 2.75) is 122 Å². The molecule has 2 heterocycles. The van der Waals surface area contributed by atoms with Crippen LogP contribution in [0, 0.1) is 3.70 Å². The summed E-state index contributed by atoms with van der Waals surface area (Å²) in [5.74, 6) is -0.00631. The van der Waals surface area contributed by atoms with E-state index < -0.39 is 0 Å². The first-order chi connectivity index (χ1) is 14.3. The van der Waals surface area contributed by atoms with Gasteiger partial charge in [-0.3, -0.25) is 4.79 Å². The Balaban J connectivity index is 1.70. The quantitative estimate of drug-likeness (QED) is 0.287. The maximum Gasteiger partial charge on any atom is 0.305 e. The van der Waals surface area contributed by atoms with Gasteiger partial charge >= 0.3 is 5.97 Å². The van der Waals surface area contributed by atoms with E-state index in [4.69, 9.17) is 4.74 Å². The fraction of sp³-hybridized carbons (Fsp3) is 0.870. The number of rotatable bonds is 0. The summed E-state index contributed by atoms with van der Waals surface area (Å²) in [6.07, 6.45) is 21.2. The topological polar surface area (TPSA) is 57.0 Å². The summed E-state index contributed by atoms with van der Waals surface area (Å²) in [5, 5.41) is 8.78. The number of aryl methyl sites for hydroxylation is 2. The summed E-state index contributed by atoms with van der Waals surface area (Å²) in [6, 6.07) is 0. The van der Waals surface area contributed by atoms with Gasteiger partial charge in [-0.1, -0.05) is 82.3 Å². The highest BCUT2D eigenvalue weighted by Crippen LogP contribution is 2.16. The van der Waals surface area contributed by atoms with Gasteiger partial charge in [0, 0.05) is 13.0 Å². The van der Waals surface area contributed by atoms with Crippen molar-refractivity contribution in [3.63, 3.8) is 0 Å². The van der Waals surface area contributed by atoms with E-state index in [1.165, 1.54) is 92.9 Å². The first kappa shape index (κ1) is 24.6. The van der Waals surface area contributed by atoms with Crippen molar-refractivity contribution in [3.8, 4) is 0 Å². The number of ether oxygens (including phenoxy) is 1. The number of fused-ring (bicyclic) bond motifs is 2. The molecular weight excluding hydrogens is 477 g/mol. The van der Waals surface area contributed by atoms with Crippen molar-refractivity contribution in [1.29, 1.82) is 0 Å². The smallest absolute Gasteiger partial charge is 0.305 e. The lowest BCUT2D eigenvalue weighted by Crippen LogP contribution is -2.05. The van der Waals surface area contributed by atoms with Crippen LogP contribution in [0.15, 0.2) is 0 Å². The first-order valence-electron chi connectivity index (χ1n) is 12.0. The first-order valence-corrected chi connectivity index (χ1v) is 13.1.